The summed E-state index contributed by atoms with van der Waals surface area (Å²) in [6.45, 7) is 0.122. The average molecular weight is 219 g/mol. The molecule has 0 spiro atoms. The first-order valence-electron chi connectivity index (χ1n) is 4.52. The molecule has 1 aliphatic rings. The van der Waals surface area contributed by atoms with Crippen LogP contribution in [0.3, 0.4) is 0 Å². The first-order valence-corrected chi connectivity index (χ1v) is 4.96. The Labute approximate surface area is 88.6 Å². The number of ether oxygens (including phenoxy) is 1. The fraction of sp³-hybridized carbons (Fsp3) is 0.600. The van der Waals surface area contributed by atoms with Crippen molar-refractivity contribution in [2.24, 2.45) is 0 Å². The van der Waals surface area contributed by atoms with Crippen LogP contribution in [0.1, 0.15) is 6.42 Å². The molecule has 0 fully saturated rings. The molecule has 0 radical (unpaired) electrons. The van der Waals surface area contributed by atoms with Crippen LogP contribution in [0.2, 0.25) is 0 Å². The molecule has 0 heterocycles. The maximum absolute atomic E-state index is 9.67. The van der Waals surface area contributed by atoms with Gasteiger partial charge in [0, 0.05) is 7.11 Å². The number of aliphatic hydroxyl groups excluding tert-OH is 2. The first-order chi connectivity index (χ1) is 6.65. The van der Waals surface area contributed by atoms with Gasteiger partial charge in [-0.15, -0.1) is 11.6 Å². The van der Waals surface area contributed by atoms with Crippen molar-refractivity contribution in [2.75, 3.05) is 13.7 Å². The molecule has 80 valence electrons. The van der Waals surface area contributed by atoms with Gasteiger partial charge in [0.1, 0.15) is 12.2 Å². The normalized spacial score (nSPS) is 25.7. The largest absolute Gasteiger partial charge is 0.388 e. The molecule has 1 rings (SSSR count). The van der Waals surface area contributed by atoms with Crippen molar-refractivity contribution in [3.63, 3.8) is 0 Å². The maximum Gasteiger partial charge on any atom is 0.107 e. The third-order valence-corrected chi connectivity index (χ3v) is 2.44. The van der Waals surface area contributed by atoms with E-state index in [1.807, 2.05) is 6.08 Å². The highest BCUT2D eigenvalue weighted by molar-refractivity contribution is 6.22. The summed E-state index contributed by atoms with van der Waals surface area (Å²) in [5.74, 6) is 0. The quantitative estimate of drug-likeness (QED) is 0.688. The Bertz CT molecular complexity index is 238. The van der Waals surface area contributed by atoms with E-state index in [0.29, 0.717) is 12.0 Å². The van der Waals surface area contributed by atoms with Crippen molar-refractivity contribution in [2.45, 2.75) is 24.0 Å². The molecular weight excluding hydrogens is 204 g/mol. The van der Waals surface area contributed by atoms with Gasteiger partial charge in [0.2, 0.25) is 0 Å². The summed E-state index contributed by atoms with van der Waals surface area (Å²) in [7, 11) is 1.48. The minimum absolute atomic E-state index is 0.00878. The minimum Gasteiger partial charge on any atom is -0.388 e. The Balaban J connectivity index is 2.53. The van der Waals surface area contributed by atoms with Gasteiger partial charge in [-0.05, 0) is 12.0 Å². The number of methoxy groups -OCH3 is 1. The second kappa shape index (κ2) is 5.51. The van der Waals surface area contributed by atoms with E-state index in [1.165, 1.54) is 7.11 Å². The molecule has 3 nitrogen and oxygen atoms in total. The van der Waals surface area contributed by atoms with E-state index in [0.717, 1.165) is 0 Å². The molecule has 0 saturated carbocycles. The molecule has 3 unspecified atom stereocenters. The third kappa shape index (κ3) is 3.10. The molecule has 4 heteroatoms. The van der Waals surface area contributed by atoms with Crippen LogP contribution >= 0.6 is 11.6 Å². The molecule has 0 bridgehead atoms. The summed E-state index contributed by atoms with van der Waals surface area (Å²) < 4.78 is 4.75. The number of allylic oxidation sites excluding steroid dienone is 2. The number of hydrogen-bond acceptors (Lipinski definition) is 3. The fourth-order valence-corrected chi connectivity index (χ4v) is 1.48. The lowest BCUT2D eigenvalue weighted by Gasteiger charge is -2.20. The van der Waals surface area contributed by atoms with Crippen molar-refractivity contribution in [3.05, 3.63) is 23.8 Å². The highest BCUT2D eigenvalue weighted by Crippen LogP contribution is 2.19. The Morgan fingerprint density at radius 2 is 2.36 bits per heavy atom. The number of hydrogen-bond donors (Lipinski definition) is 2. The van der Waals surface area contributed by atoms with Crippen LogP contribution < -0.4 is 0 Å². The first kappa shape index (κ1) is 11.7. The van der Waals surface area contributed by atoms with Gasteiger partial charge in [-0.2, -0.15) is 0 Å². The highest BCUT2D eigenvalue weighted by atomic mass is 35.5. The predicted molar refractivity (Wildman–Crippen MR) is 55.4 cm³/mol. The number of halogens is 1. The van der Waals surface area contributed by atoms with Crippen molar-refractivity contribution in [3.8, 4) is 0 Å². The Hall–Kier alpha value is -0.350. The monoisotopic (exact) mass is 218 g/mol. The number of alkyl halides is 1. The second-order valence-corrected chi connectivity index (χ2v) is 3.84. The van der Waals surface area contributed by atoms with Crippen molar-refractivity contribution < 1.29 is 14.9 Å². The number of rotatable bonds is 4. The standard InChI is InChI=1S/C10H15ClO3/c1-14-6-9(12)10(13)7-2-4-8(11)5-3-7/h2-4,8-10,12-13H,5-6H2,1H3. The molecular formula is C10H15ClO3. The number of aliphatic hydroxyl groups is 2. The zero-order chi connectivity index (χ0) is 10.6. The molecule has 0 saturated heterocycles. The summed E-state index contributed by atoms with van der Waals surface area (Å²) in [5.41, 5.74) is 0.700. The van der Waals surface area contributed by atoms with Gasteiger partial charge in [-0.1, -0.05) is 18.2 Å². The molecule has 0 aromatic carbocycles. The lowest BCUT2D eigenvalue weighted by molar-refractivity contribution is -0.00874. The van der Waals surface area contributed by atoms with Gasteiger partial charge >= 0.3 is 0 Å². The summed E-state index contributed by atoms with van der Waals surface area (Å²) in [6.07, 6.45) is 4.29. The van der Waals surface area contributed by atoms with E-state index in [1.54, 1.807) is 12.2 Å². The summed E-state index contributed by atoms with van der Waals surface area (Å²) >= 11 is 5.83. The van der Waals surface area contributed by atoms with E-state index >= 15 is 0 Å². The van der Waals surface area contributed by atoms with Crippen LogP contribution in [-0.2, 0) is 4.74 Å². The van der Waals surface area contributed by atoms with Crippen LogP contribution in [0.25, 0.3) is 0 Å². The van der Waals surface area contributed by atoms with Gasteiger partial charge in [-0.25, -0.2) is 0 Å². The third-order valence-electron chi connectivity index (χ3n) is 2.12. The van der Waals surface area contributed by atoms with E-state index in [4.69, 9.17) is 16.3 Å². The minimum atomic E-state index is -0.893. The predicted octanol–water partition coefficient (Wildman–Crippen LogP) is 0.848. The van der Waals surface area contributed by atoms with E-state index in [-0.39, 0.29) is 12.0 Å². The van der Waals surface area contributed by atoms with Crippen molar-refractivity contribution >= 4 is 11.6 Å². The van der Waals surface area contributed by atoms with Crippen molar-refractivity contribution in [1.82, 2.24) is 0 Å². The van der Waals surface area contributed by atoms with E-state index < -0.39 is 12.2 Å². The molecule has 0 aromatic rings. The van der Waals surface area contributed by atoms with Crippen LogP contribution in [-0.4, -0.2) is 41.5 Å². The Kier molecular flexibility index (Phi) is 4.62. The van der Waals surface area contributed by atoms with Gasteiger partial charge in [0.15, 0.2) is 0 Å². The summed E-state index contributed by atoms with van der Waals surface area (Å²) in [5, 5.41) is 19.1. The Morgan fingerprint density at radius 1 is 1.64 bits per heavy atom. The SMILES string of the molecule is COCC(O)C(O)C1=CCC(Cl)C=C1. The maximum atomic E-state index is 9.67. The zero-order valence-electron chi connectivity index (χ0n) is 8.06. The summed E-state index contributed by atoms with van der Waals surface area (Å²) in [6, 6.07) is 0. The van der Waals surface area contributed by atoms with Gasteiger partial charge < -0.3 is 14.9 Å². The molecule has 1 aliphatic carbocycles. The van der Waals surface area contributed by atoms with Crippen LogP contribution in [0.15, 0.2) is 23.8 Å². The summed E-state index contributed by atoms with van der Waals surface area (Å²) in [4.78, 5) is 0. The molecule has 2 N–H and O–H groups in total. The van der Waals surface area contributed by atoms with E-state index in [2.05, 4.69) is 0 Å². The Morgan fingerprint density at radius 3 is 2.86 bits per heavy atom. The fourth-order valence-electron chi connectivity index (χ4n) is 1.31. The lowest BCUT2D eigenvalue weighted by atomic mass is 9.99. The molecule has 14 heavy (non-hydrogen) atoms. The van der Waals surface area contributed by atoms with Crippen LogP contribution in [0, 0.1) is 0 Å². The lowest BCUT2D eigenvalue weighted by Crippen LogP contribution is -2.31. The van der Waals surface area contributed by atoms with Gasteiger partial charge in [0.25, 0.3) is 0 Å². The van der Waals surface area contributed by atoms with Crippen LogP contribution in [0.5, 0.6) is 0 Å². The van der Waals surface area contributed by atoms with Crippen LogP contribution in [0.4, 0.5) is 0 Å². The molecule has 0 aliphatic heterocycles. The highest BCUT2D eigenvalue weighted by Gasteiger charge is 2.20. The van der Waals surface area contributed by atoms with Gasteiger partial charge in [-0.3, -0.25) is 0 Å². The second-order valence-electron chi connectivity index (χ2n) is 3.28. The molecule has 0 aromatic heterocycles. The van der Waals surface area contributed by atoms with E-state index in [9.17, 15) is 10.2 Å². The topological polar surface area (TPSA) is 49.7 Å². The smallest absolute Gasteiger partial charge is 0.107 e. The van der Waals surface area contributed by atoms with Crippen molar-refractivity contribution in [1.29, 1.82) is 0 Å². The molecule has 0 amide bonds. The van der Waals surface area contributed by atoms with Gasteiger partial charge in [0.05, 0.1) is 12.0 Å². The molecule has 3 atom stereocenters. The average Bonchev–Trinajstić information content (AvgIpc) is 2.18. The zero-order valence-corrected chi connectivity index (χ0v) is 8.81.